The number of halogens is 1. The van der Waals surface area contributed by atoms with Gasteiger partial charge in [-0.3, -0.25) is 4.79 Å². The van der Waals surface area contributed by atoms with Gasteiger partial charge in [0, 0.05) is 35.1 Å². The number of amides is 1. The van der Waals surface area contributed by atoms with Gasteiger partial charge in [0.15, 0.2) is 0 Å². The number of benzene rings is 3. The van der Waals surface area contributed by atoms with Crippen molar-refractivity contribution in [2.45, 2.75) is 26.3 Å². The molecule has 1 heterocycles. The molecule has 28 heavy (non-hydrogen) atoms. The number of hydrogen-bond acceptors (Lipinski definition) is 2. The first-order chi connectivity index (χ1) is 13.6. The first-order valence-corrected chi connectivity index (χ1v) is 9.97. The van der Waals surface area contributed by atoms with Crippen LogP contribution in [0.1, 0.15) is 33.5 Å². The van der Waals surface area contributed by atoms with Crippen molar-refractivity contribution < 1.29 is 4.79 Å². The van der Waals surface area contributed by atoms with Crippen LogP contribution in [-0.4, -0.2) is 12.5 Å². The molecule has 0 saturated carbocycles. The lowest BCUT2D eigenvalue weighted by atomic mass is 10.0. The van der Waals surface area contributed by atoms with E-state index in [2.05, 4.69) is 34.5 Å². The summed E-state index contributed by atoms with van der Waals surface area (Å²) < 4.78 is 0. The van der Waals surface area contributed by atoms with Gasteiger partial charge in [0.2, 0.25) is 0 Å². The van der Waals surface area contributed by atoms with E-state index >= 15 is 0 Å². The van der Waals surface area contributed by atoms with Gasteiger partial charge in [-0.1, -0.05) is 48.0 Å². The van der Waals surface area contributed by atoms with Crippen LogP contribution < -0.4 is 10.2 Å². The number of para-hydroxylation sites is 1. The Morgan fingerprint density at radius 2 is 1.86 bits per heavy atom. The van der Waals surface area contributed by atoms with Crippen LogP contribution in [0.3, 0.4) is 0 Å². The molecule has 0 aliphatic carbocycles. The zero-order valence-electron chi connectivity index (χ0n) is 15.9. The van der Waals surface area contributed by atoms with Gasteiger partial charge in [-0.15, -0.1) is 0 Å². The second kappa shape index (κ2) is 8.07. The average Bonchev–Trinajstić information content (AvgIpc) is 2.71. The van der Waals surface area contributed by atoms with Gasteiger partial charge in [-0.25, -0.2) is 0 Å². The van der Waals surface area contributed by atoms with Crippen molar-refractivity contribution in [3.8, 4) is 0 Å². The number of nitrogens with one attached hydrogen (secondary N) is 1. The van der Waals surface area contributed by atoms with Crippen molar-refractivity contribution in [2.75, 3.05) is 16.8 Å². The van der Waals surface area contributed by atoms with Gasteiger partial charge >= 0.3 is 0 Å². The molecule has 0 saturated heterocycles. The maximum atomic E-state index is 12.5. The number of aryl methyl sites for hydroxylation is 2. The van der Waals surface area contributed by atoms with Crippen molar-refractivity contribution >= 4 is 28.9 Å². The van der Waals surface area contributed by atoms with E-state index in [0.717, 1.165) is 25.1 Å². The number of carbonyl (C=O) groups excluding carboxylic acids is 1. The summed E-state index contributed by atoms with van der Waals surface area (Å²) in [5.41, 5.74) is 6.28. The van der Waals surface area contributed by atoms with Gasteiger partial charge in [0.05, 0.1) is 0 Å². The number of anilines is 2. The van der Waals surface area contributed by atoms with Crippen LogP contribution in [0, 0.1) is 6.92 Å². The Bertz CT molecular complexity index is 998. The van der Waals surface area contributed by atoms with Crippen LogP contribution in [-0.2, 0) is 13.0 Å². The van der Waals surface area contributed by atoms with E-state index in [0.29, 0.717) is 16.3 Å². The van der Waals surface area contributed by atoms with Crippen LogP contribution in [0.2, 0.25) is 5.02 Å². The lowest BCUT2D eigenvalue weighted by Gasteiger charge is -2.31. The zero-order chi connectivity index (χ0) is 19.5. The van der Waals surface area contributed by atoms with Gasteiger partial charge in [-0.2, -0.15) is 0 Å². The molecule has 4 heteroatoms. The minimum absolute atomic E-state index is 0.130. The minimum atomic E-state index is -0.130. The zero-order valence-corrected chi connectivity index (χ0v) is 16.7. The molecule has 0 fully saturated rings. The molecule has 3 aromatic carbocycles. The lowest BCUT2D eigenvalue weighted by Crippen LogP contribution is -2.28. The average molecular weight is 391 g/mol. The summed E-state index contributed by atoms with van der Waals surface area (Å²) in [6, 6.07) is 22.0. The molecule has 4 rings (SSSR count). The second-order valence-electron chi connectivity index (χ2n) is 7.27. The number of fused-ring (bicyclic) bond motifs is 1. The second-order valence-corrected chi connectivity index (χ2v) is 7.68. The van der Waals surface area contributed by atoms with E-state index in [1.807, 2.05) is 43.3 Å². The molecule has 0 spiro atoms. The third kappa shape index (κ3) is 4.05. The van der Waals surface area contributed by atoms with E-state index < -0.39 is 0 Å². The highest BCUT2D eigenvalue weighted by atomic mass is 35.5. The molecule has 142 valence electrons. The van der Waals surface area contributed by atoms with E-state index in [1.54, 1.807) is 6.07 Å². The number of carbonyl (C=O) groups is 1. The summed E-state index contributed by atoms with van der Waals surface area (Å²) in [7, 11) is 0. The smallest absolute Gasteiger partial charge is 0.255 e. The Morgan fingerprint density at radius 1 is 1.07 bits per heavy atom. The van der Waals surface area contributed by atoms with Gasteiger partial charge < -0.3 is 10.2 Å². The summed E-state index contributed by atoms with van der Waals surface area (Å²) in [6.07, 6.45) is 2.32. The van der Waals surface area contributed by atoms with Crippen molar-refractivity contribution in [2.24, 2.45) is 0 Å². The fourth-order valence-electron chi connectivity index (χ4n) is 3.63. The first kappa shape index (κ1) is 18.6. The molecule has 0 atom stereocenters. The number of hydrogen-bond donors (Lipinski definition) is 1. The van der Waals surface area contributed by atoms with Crippen LogP contribution in [0.5, 0.6) is 0 Å². The molecular weight excluding hydrogens is 368 g/mol. The predicted molar refractivity (Wildman–Crippen MR) is 116 cm³/mol. The van der Waals surface area contributed by atoms with E-state index in [1.165, 1.54) is 23.2 Å². The predicted octanol–water partition coefficient (Wildman–Crippen LogP) is 5.85. The Morgan fingerprint density at radius 3 is 2.64 bits per heavy atom. The molecule has 1 aliphatic heterocycles. The van der Waals surface area contributed by atoms with E-state index in [9.17, 15) is 4.79 Å². The summed E-state index contributed by atoms with van der Waals surface area (Å²) >= 11 is 6.14. The first-order valence-electron chi connectivity index (χ1n) is 9.59. The largest absolute Gasteiger partial charge is 0.367 e. The number of rotatable bonds is 4. The van der Waals surface area contributed by atoms with E-state index in [4.69, 9.17) is 11.6 Å². The topological polar surface area (TPSA) is 32.3 Å². The maximum Gasteiger partial charge on any atom is 0.255 e. The minimum Gasteiger partial charge on any atom is -0.367 e. The monoisotopic (exact) mass is 390 g/mol. The van der Waals surface area contributed by atoms with Crippen LogP contribution in [0.4, 0.5) is 11.4 Å². The van der Waals surface area contributed by atoms with Gasteiger partial charge in [-0.05, 0) is 66.8 Å². The molecule has 0 aromatic heterocycles. The van der Waals surface area contributed by atoms with Crippen molar-refractivity contribution in [3.63, 3.8) is 0 Å². The molecule has 1 N–H and O–H groups in total. The molecule has 0 radical (unpaired) electrons. The highest BCUT2D eigenvalue weighted by Crippen LogP contribution is 2.28. The third-order valence-corrected chi connectivity index (χ3v) is 5.63. The Hall–Kier alpha value is -2.78. The molecule has 1 aliphatic rings. The normalized spacial score (nSPS) is 13.1. The molecule has 3 nitrogen and oxygen atoms in total. The van der Waals surface area contributed by atoms with Gasteiger partial charge in [0.1, 0.15) is 0 Å². The Kier molecular flexibility index (Phi) is 5.36. The molecule has 1 amide bonds. The van der Waals surface area contributed by atoms with Crippen LogP contribution in [0.15, 0.2) is 66.7 Å². The summed E-state index contributed by atoms with van der Waals surface area (Å²) in [4.78, 5) is 14.9. The van der Waals surface area contributed by atoms with Crippen LogP contribution >= 0.6 is 11.6 Å². The number of nitrogens with zero attached hydrogens (tertiary/aromatic N) is 1. The van der Waals surface area contributed by atoms with Crippen molar-refractivity contribution in [1.29, 1.82) is 0 Å². The highest BCUT2D eigenvalue weighted by molar-refractivity contribution is 6.31. The Balaban J connectivity index is 1.44. The third-order valence-electron chi connectivity index (χ3n) is 5.23. The van der Waals surface area contributed by atoms with Gasteiger partial charge in [0.25, 0.3) is 5.91 Å². The summed E-state index contributed by atoms with van der Waals surface area (Å²) in [5, 5.41) is 3.55. The quantitative estimate of drug-likeness (QED) is 0.605. The fourth-order valence-corrected chi connectivity index (χ4v) is 3.81. The molecular formula is C24H23ClN2O. The molecule has 0 bridgehead atoms. The lowest BCUT2D eigenvalue weighted by molar-refractivity contribution is 0.102. The van der Waals surface area contributed by atoms with Crippen LogP contribution in [0.25, 0.3) is 0 Å². The van der Waals surface area contributed by atoms with E-state index in [-0.39, 0.29) is 5.91 Å². The fraction of sp³-hybridized carbons (Fsp3) is 0.208. The standard InChI is InChI=1S/C24H23ClN2O/c1-17-8-13-21(15-22(17)25)26-24(28)20-11-9-18(10-12-20)16-27-14-4-6-19-5-2-3-7-23(19)27/h2-3,5,7-13,15H,4,6,14,16H2,1H3,(H,26,28). The highest BCUT2D eigenvalue weighted by Gasteiger charge is 2.16. The van der Waals surface area contributed by atoms with Crippen molar-refractivity contribution in [1.82, 2.24) is 0 Å². The van der Waals surface area contributed by atoms with Crippen molar-refractivity contribution in [3.05, 3.63) is 94.0 Å². The maximum absolute atomic E-state index is 12.5. The summed E-state index contributed by atoms with van der Waals surface area (Å²) in [5.74, 6) is -0.130. The SMILES string of the molecule is Cc1ccc(NC(=O)c2ccc(CN3CCCc4ccccc43)cc2)cc1Cl. The summed E-state index contributed by atoms with van der Waals surface area (Å²) in [6.45, 7) is 3.85. The molecule has 0 unspecified atom stereocenters. The molecule has 3 aromatic rings. The Labute approximate surface area is 171 Å².